The quantitative estimate of drug-likeness (QED) is 0.718. The van der Waals surface area contributed by atoms with Gasteiger partial charge in [0.15, 0.2) is 16.6 Å². The van der Waals surface area contributed by atoms with Crippen LogP contribution >= 0.6 is 11.3 Å². The number of rotatable bonds is 4. The van der Waals surface area contributed by atoms with Crippen molar-refractivity contribution >= 4 is 16.5 Å². The number of aryl methyl sites for hydroxylation is 1. The van der Waals surface area contributed by atoms with Gasteiger partial charge in [-0.3, -0.25) is 4.98 Å². The highest BCUT2D eigenvalue weighted by Gasteiger charge is 2.37. The standard InChI is InChI=1S/C18H15F2N3O2S/c1-10-5-14-15(25-18(2,20)24-14)6-12(10)16-9-23-17(26-16)22-7-11-3-4-21-8-13(11)19/h3-6,8-9H,7H2,1-2H3,(H,22,23). The van der Waals surface area contributed by atoms with Crippen LogP contribution in [0.2, 0.25) is 0 Å². The molecule has 3 aromatic rings. The van der Waals surface area contributed by atoms with E-state index in [2.05, 4.69) is 15.3 Å². The molecule has 1 aliphatic heterocycles. The number of ether oxygens (including phenoxy) is 2. The molecule has 1 aliphatic rings. The number of anilines is 1. The van der Waals surface area contributed by atoms with E-state index >= 15 is 0 Å². The Hall–Kier alpha value is -2.74. The first-order valence-electron chi connectivity index (χ1n) is 7.91. The summed E-state index contributed by atoms with van der Waals surface area (Å²) in [7, 11) is 0. The van der Waals surface area contributed by atoms with Crippen molar-refractivity contribution < 1.29 is 18.3 Å². The van der Waals surface area contributed by atoms with Gasteiger partial charge in [0, 0.05) is 37.0 Å². The second-order valence-corrected chi connectivity index (χ2v) is 7.03. The maximum atomic E-state index is 13.9. The van der Waals surface area contributed by atoms with Crippen LogP contribution in [0.25, 0.3) is 10.4 Å². The molecule has 26 heavy (non-hydrogen) atoms. The van der Waals surface area contributed by atoms with Crippen LogP contribution in [0.1, 0.15) is 18.1 Å². The van der Waals surface area contributed by atoms with Gasteiger partial charge in [-0.25, -0.2) is 9.37 Å². The lowest BCUT2D eigenvalue weighted by molar-refractivity contribution is -0.173. The van der Waals surface area contributed by atoms with Crippen molar-refractivity contribution in [2.75, 3.05) is 5.32 Å². The lowest BCUT2D eigenvalue weighted by Gasteiger charge is -2.10. The van der Waals surface area contributed by atoms with Crippen LogP contribution in [-0.2, 0) is 6.54 Å². The fraction of sp³-hybridized carbons (Fsp3) is 0.222. The zero-order valence-corrected chi connectivity index (χ0v) is 14.9. The fourth-order valence-electron chi connectivity index (χ4n) is 2.70. The number of pyridine rings is 1. The van der Waals surface area contributed by atoms with Crippen LogP contribution < -0.4 is 14.8 Å². The molecule has 0 fully saturated rings. The monoisotopic (exact) mass is 375 g/mol. The summed E-state index contributed by atoms with van der Waals surface area (Å²) in [5.74, 6) is 0.377. The van der Waals surface area contributed by atoms with Crippen molar-refractivity contribution in [2.45, 2.75) is 26.4 Å². The number of hydrogen-bond donors (Lipinski definition) is 1. The molecule has 5 nitrogen and oxygen atoms in total. The molecule has 0 saturated heterocycles. The molecule has 134 valence electrons. The molecule has 3 heterocycles. The summed E-state index contributed by atoms with van der Waals surface area (Å²) >= 11 is 1.42. The molecule has 1 atom stereocenters. The fourth-order valence-corrected chi connectivity index (χ4v) is 3.59. The lowest BCUT2D eigenvalue weighted by Crippen LogP contribution is -2.27. The van der Waals surface area contributed by atoms with Crippen LogP contribution in [0.4, 0.5) is 13.9 Å². The van der Waals surface area contributed by atoms with Gasteiger partial charge in [-0.2, -0.15) is 4.39 Å². The number of nitrogens with one attached hydrogen (secondary N) is 1. The molecule has 1 N–H and O–H groups in total. The highest BCUT2D eigenvalue weighted by atomic mass is 32.1. The van der Waals surface area contributed by atoms with Gasteiger partial charge in [0.25, 0.3) is 0 Å². The van der Waals surface area contributed by atoms with E-state index in [1.165, 1.54) is 24.5 Å². The first kappa shape index (κ1) is 16.7. The zero-order chi connectivity index (χ0) is 18.3. The van der Waals surface area contributed by atoms with Crippen LogP contribution in [0.5, 0.6) is 11.5 Å². The van der Waals surface area contributed by atoms with Crippen LogP contribution in [-0.4, -0.2) is 16.0 Å². The van der Waals surface area contributed by atoms with E-state index in [-0.39, 0.29) is 5.82 Å². The largest absolute Gasteiger partial charge is 0.423 e. The molecule has 0 saturated carbocycles. The Kier molecular flexibility index (Phi) is 3.99. The number of hydrogen-bond acceptors (Lipinski definition) is 6. The van der Waals surface area contributed by atoms with Gasteiger partial charge in [0.2, 0.25) is 0 Å². The summed E-state index contributed by atoms with van der Waals surface area (Å²) in [6.45, 7) is 3.43. The van der Waals surface area contributed by atoms with Gasteiger partial charge < -0.3 is 14.8 Å². The van der Waals surface area contributed by atoms with E-state index in [1.807, 2.05) is 6.92 Å². The SMILES string of the molecule is Cc1cc2c(cc1-c1cnc(NCc3ccncc3F)s1)OC(C)(F)O2. The molecule has 1 unspecified atom stereocenters. The van der Waals surface area contributed by atoms with Crippen molar-refractivity contribution in [3.05, 3.63) is 53.7 Å². The topological polar surface area (TPSA) is 56.3 Å². The highest BCUT2D eigenvalue weighted by molar-refractivity contribution is 7.18. The molecular weight excluding hydrogens is 360 g/mol. The maximum absolute atomic E-state index is 13.9. The van der Waals surface area contributed by atoms with Gasteiger partial charge in [0.1, 0.15) is 5.82 Å². The molecule has 8 heteroatoms. The molecular formula is C18H15F2N3O2S. The van der Waals surface area contributed by atoms with Crippen LogP contribution in [0.15, 0.2) is 36.8 Å². The van der Waals surface area contributed by atoms with Gasteiger partial charge in [-0.05, 0) is 30.7 Å². The molecule has 2 aromatic heterocycles. The van der Waals surface area contributed by atoms with E-state index in [0.717, 1.165) is 16.0 Å². The molecule has 0 amide bonds. The number of nitrogens with zero attached hydrogens (tertiary/aromatic N) is 2. The second kappa shape index (κ2) is 6.21. The van der Waals surface area contributed by atoms with Gasteiger partial charge in [-0.15, -0.1) is 0 Å². The molecule has 4 rings (SSSR count). The summed E-state index contributed by atoms with van der Waals surface area (Å²) in [6, 6.07) is 2.96. The first-order chi connectivity index (χ1) is 12.4. The van der Waals surface area contributed by atoms with Crippen molar-refractivity contribution in [3.8, 4) is 21.9 Å². The normalized spacial score (nSPS) is 18.2. The van der Waals surface area contributed by atoms with Gasteiger partial charge in [-0.1, -0.05) is 11.3 Å². The minimum Gasteiger partial charge on any atom is -0.423 e. The highest BCUT2D eigenvalue weighted by Crippen LogP contribution is 2.44. The van der Waals surface area contributed by atoms with Gasteiger partial charge >= 0.3 is 6.04 Å². The number of aromatic nitrogens is 2. The van der Waals surface area contributed by atoms with E-state index < -0.39 is 6.04 Å². The Morgan fingerprint density at radius 2 is 2.00 bits per heavy atom. The summed E-state index contributed by atoms with van der Waals surface area (Å²) in [5, 5.41) is 3.76. The number of alkyl halides is 1. The summed E-state index contributed by atoms with van der Waals surface area (Å²) in [4.78, 5) is 8.94. The van der Waals surface area contributed by atoms with E-state index in [9.17, 15) is 8.78 Å². The van der Waals surface area contributed by atoms with Gasteiger partial charge in [0.05, 0.1) is 11.1 Å². The predicted molar refractivity (Wildman–Crippen MR) is 94.6 cm³/mol. The smallest absolute Gasteiger partial charge is 0.404 e. The molecule has 0 radical (unpaired) electrons. The Morgan fingerprint density at radius 1 is 1.23 bits per heavy atom. The third-order valence-corrected chi connectivity index (χ3v) is 4.92. The number of halogens is 2. The molecule has 0 spiro atoms. The first-order valence-corrected chi connectivity index (χ1v) is 8.73. The number of benzene rings is 1. The maximum Gasteiger partial charge on any atom is 0.404 e. The second-order valence-electron chi connectivity index (χ2n) is 6.00. The Labute approximate surface area is 152 Å². The van der Waals surface area contributed by atoms with Crippen molar-refractivity contribution in [1.82, 2.24) is 9.97 Å². The van der Waals surface area contributed by atoms with Crippen molar-refractivity contribution in [1.29, 1.82) is 0 Å². The number of thiazole rings is 1. The Bertz CT molecular complexity index is 975. The summed E-state index contributed by atoms with van der Waals surface area (Å²) < 4.78 is 37.8. The van der Waals surface area contributed by atoms with Crippen molar-refractivity contribution in [3.63, 3.8) is 0 Å². The number of fused-ring (bicyclic) bond motifs is 1. The van der Waals surface area contributed by atoms with Crippen molar-refractivity contribution in [2.24, 2.45) is 0 Å². The Morgan fingerprint density at radius 3 is 2.77 bits per heavy atom. The summed E-state index contributed by atoms with van der Waals surface area (Å²) in [6.07, 6.45) is 4.44. The van der Waals surface area contributed by atoms with E-state index in [4.69, 9.17) is 9.47 Å². The Balaban J connectivity index is 1.55. The van der Waals surface area contributed by atoms with E-state index in [1.54, 1.807) is 30.6 Å². The molecule has 1 aromatic carbocycles. The minimum absolute atomic E-state index is 0.307. The average Bonchev–Trinajstić information content (AvgIpc) is 3.15. The third kappa shape index (κ3) is 3.20. The van der Waals surface area contributed by atoms with Crippen LogP contribution in [0.3, 0.4) is 0 Å². The van der Waals surface area contributed by atoms with E-state index in [0.29, 0.717) is 28.7 Å². The molecule has 0 bridgehead atoms. The van der Waals surface area contributed by atoms with Crippen LogP contribution in [0, 0.1) is 12.7 Å². The summed E-state index contributed by atoms with van der Waals surface area (Å²) in [5.41, 5.74) is 2.31. The lowest BCUT2D eigenvalue weighted by atomic mass is 10.1. The average molecular weight is 375 g/mol. The third-order valence-electron chi connectivity index (χ3n) is 3.93. The predicted octanol–water partition coefficient (Wildman–Crippen LogP) is 4.68. The molecule has 0 aliphatic carbocycles. The zero-order valence-electron chi connectivity index (χ0n) is 14.0. The minimum atomic E-state index is -2.15.